The number of aromatic nitrogens is 3. The van der Waals surface area contributed by atoms with E-state index >= 15 is 0 Å². The second-order valence-electron chi connectivity index (χ2n) is 8.46. The molecule has 1 aliphatic heterocycles. The number of hydrogen-bond acceptors (Lipinski definition) is 7. The van der Waals surface area contributed by atoms with Crippen LogP contribution in [0.2, 0.25) is 0 Å². The van der Waals surface area contributed by atoms with Gasteiger partial charge < -0.3 is 10.1 Å². The van der Waals surface area contributed by atoms with Crippen LogP contribution in [0.4, 0.5) is 5.69 Å². The number of anilines is 1. The fraction of sp³-hybridized carbons (Fsp3) is 0.455. The number of carbonyl (C=O) groups excluding carboxylic acids is 2. The normalized spacial score (nSPS) is 20.5. The summed E-state index contributed by atoms with van der Waals surface area (Å²) in [6.45, 7) is 3.79. The molecular weight excluding hydrogens is 414 g/mol. The molecule has 4 heterocycles. The molecule has 0 unspecified atom stereocenters. The van der Waals surface area contributed by atoms with Gasteiger partial charge in [0.15, 0.2) is 0 Å². The molecule has 3 aromatic rings. The van der Waals surface area contributed by atoms with Gasteiger partial charge in [-0.3, -0.25) is 14.4 Å². The Morgan fingerprint density at radius 1 is 1.32 bits per heavy atom. The number of aryl methyl sites for hydroxylation is 2. The molecule has 1 N–H and O–H groups in total. The van der Waals surface area contributed by atoms with Gasteiger partial charge in [0, 0.05) is 31.6 Å². The zero-order valence-corrected chi connectivity index (χ0v) is 18.7. The number of likely N-dealkylation sites (tertiary alicyclic amines) is 1. The number of rotatable bonds is 5. The maximum atomic E-state index is 12.9. The Bertz CT molecular complexity index is 1180. The fourth-order valence-corrected chi connectivity index (χ4v) is 5.96. The zero-order chi connectivity index (χ0) is 21.7. The molecule has 2 atom stereocenters. The lowest BCUT2D eigenvalue weighted by Gasteiger charge is -2.26. The van der Waals surface area contributed by atoms with E-state index in [1.54, 1.807) is 13.1 Å². The first-order valence-corrected chi connectivity index (χ1v) is 11.3. The molecule has 1 aliphatic carbocycles. The van der Waals surface area contributed by atoms with Crippen molar-refractivity contribution in [2.24, 2.45) is 13.0 Å². The second kappa shape index (κ2) is 7.72. The van der Waals surface area contributed by atoms with Crippen LogP contribution >= 0.6 is 11.3 Å². The third kappa shape index (κ3) is 3.61. The molecule has 1 amide bonds. The SMILES string of the molecule is COC(=O)c1sc2nc(CN3C[C@@H]4CC[C@@H]3C4)ccc2c1NC(=O)c1cc(C)nn1C. The number of amides is 1. The summed E-state index contributed by atoms with van der Waals surface area (Å²) < 4.78 is 6.48. The number of pyridine rings is 1. The van der Waals surface area contributed by atoms with E-state index in [0.29, 0.717) is 22.3 Å². The van der Waals surface area contributed by atoms with Gasteiger partial charge in [0.05, 0.1) is 24.2 Å². The van der Waals surface area contributed by atoms with Crippen molar-refractivity contribution in [1.29, 1.82) is 0 Å². The van der Waals surface area contributed by atoms with E-state index in [1.165, 1.54) is 42.4 Å². The van der Waals surface area contributed by atoms with E-state index in [0.717, 1.165) is 40.6 Å². The van der Waals surface area contributed by atoms with Gasteiger partial charge in [0.2, 0.25) is 0 Å². The third-order valence-corrected chi connectivity index (χ3v) is 7.42. The molecular formula is C22H25N5O3S. The average Bonchev–Trinajstić information content (AvgIpc) is 3.51. The molecule has 2 aliphatic rings. The Kier molecular flexibility index (Phi) is 5.02. The van der Waals surface area contributed by atoms with Crippen molar-refractivity contribution in [3.63, 3.8) is 0 Å². The van der Waals surface area contributed by atoms with Crippen molar-refractivity contribution in [2.45, 2.75) is 38.8 Å². The molecule has 8 nitrogen and oxygen atoms in total. The van der Waals surface area contributed by atoms with Crippen LogP contribution in [-0.2, 0) is 18.3 Å². The highest BCUT2D eigenvalue weighted by atomic mass is 32.1. The predicted octanol–water partition coefficient (Wildman–Crippen LogP) is 3.36. The van der Waals surface area contributed by atoms with Crippen LogP contribution in [-0.4, -0.2) is 51.2 Å². The first-order chi connectivity index (χ1) is 14.9. The zero-order valence-electron chi connectivity index (χ0n) is 17.8. The highest BCUT2D eigenvalue weighted by Crippen LogP contribution is 2.39. The molecule has 162 valence electrons. The number of nitrogens with zero attached hydrogens (tertiary/aromatic N) is 4. The quantitative estimate of drug-likeness (QED) is 0.613. The van der Waals surface area contributed by atoms with Crippen molar-refractivity contribution in [3.05, 3.63) is 40.2 Å². The molecule has 9 heteroatoms. The summed E-state index contributed by atoms with van der Waals surface area (Å²) in [5.41, 5.74) is 2.59. The third-order valence-electron chi connectivity index (χ3n) is 6.34. The summed E-state index contributed by atoms with van der Waals surface area (Å²) in [4.78, 5) is 33.7. The van der Waals surface area contributed by atoms with E-state index in [2.05, 4.69) is 15.3 Å². The number of ether oxygens (including phenoxy) is 1. The van der Waals surface area contributed by atoms with Crippen molar-refractivity contribution in [1.82, 2.24) is 19.7 Å². The highest BCUT2D eigenvalue weighted by molar-refractivity contribution is 7.21. The molecule has 0 radical (unpaired) electrons. The van der Waals surface area contributed by atoms with Gasteiger partial charge in [-0.15, -0.1) is 11.3 Å². The van der Waals surface area contributed by atoms with Crippen LogP contribution in [0.15, 0.2) is 18.2 Å². The van der Waals surface area contributed by atoms with Crippen molar-refractivity contribution < 1.29 is 14.3 Å². The van der Waals surface area contributed by atoms with E-state index in [1.807, 2.05) is 19.1 Å². The minimum Gasteiger partial charge on any atom is -0.465 e. The maximum Gasteiger partial charge on any atom is 0.350 e. The second-order valence-corrected chi connectivity index (χ2v) is 9.46. The van der Waals surface area contributed by atoms with Crippen molar-refractivity contribution in [3.8, 4) is 0 Å². The summed E-state index contributed by atoms with van der Waals surface area (Å²) in [7, 11) is 3.05. The van der Waals surface area contributed by atoms with Gasteiger partial charge in [-0.2, -0.15) is 5.10 Å². The summed E-state index contributed by atoms with van der Waals surface area (Å²) in [5.74, 6) is 0.0156. The Morgan fingerprint density at radius 3 is 2.81 bits per heavy atom. The molecule has 5 rings (SSSR count). The first-order valence-electron chi connectivity index (χ1n) is 10.5. The first kappa shape index (κ1) is 20.1. The Labute approximate surface area is 184 Å². The van der Waals surface area contributed by atoms with Gasteiger partial charge in [0.25, 0.3) is 5.91 Å². The number of carbonyl (C=O) groups is 2. The molecule has 1 saturated heterocycles. The lowest BCUT2D eigenvalue weighted by Crippen LogP contribution is -2.31. The monoisotopic (exact) mass is 439 g/mol. The number of fused-ring (bicyclic) bond motifs is 3. The lowest BCUT2D eigenvalue weighted by atomic mass is 10.1. The summed E-state index contributed by atoms with van der Waals surface area (Å²) in [6, 6.07) is 6.32. The maximum absolute atomic E-state index is 12.9. The number of piperidine rings is 1. The number of nitrogens with one attached hydrogen (secondary N) is 1. The van der Waals surface area contributed by atoms with Gasteiger partial charge in [-0.1, -0.05) is 0 Å². The summed E-state index contributed by atoms with van der Waals surface area (Å²) in [5, 5.41) is 7.86. The molecule has 2 fully saturated rings. The van der Waals surface area contributed by atoms with Gasteiger partial charge in [0.1, 0.15) is 15.4 Å². The van der Waals surface area contributed by atoms with Crippen LogP contribution in [0.3, 0.4) is 0 Å². The number of hydrogen-bond donors (Lipinski definition) is 1. The van der Waals surface area contributed by atoms with Gasteiger partial charge in [-0.05, 0) is 50.3 Å². The average molecular weight is 440 g/mol. The number of methoxy groups -OCH3 is 1. The molecule has 3 aromatic heterocycles. The molecule has 2 bridgehead atoms. The molecule has 1 saturated carbocycles. The van der Waals surface area contributed by atoms with Crippen LogP contribution in [0.25, 0.3) is 10.2 Å². The smallest absolute Gasteiger partial charge is 0.350 e. The van der Waals surface area contributed by atoms with Gasteiger partial charge >= 0.3 is 5.97 Å². The number of esters is 1. The predicted molar refractivity (Wildman–Crippen MR) is 118 cm³/mol. The minimum absolute atomic E-state index is 0.329. The highest BCUT2D eigenvalue weighted by Gasteiger charge is 2.37. The molecule has 0 aromatic carbocycles. The fourth-order valence-electron chi connectivity index (χ4n) is 4.89. The van der Waals surface area contributed by atoms with E-state index < -0.39 is 5.97 Å². The minimum atomic E-state index is -0.488. The summed E-state index contributed by atoms with van der Waals surface area (Å²) >= 11 is 1.25. The molecule has 0 spiro atoms. The Balaban J connectivity index is 1.46. The van der Waals surface area contributed by atoms with Crippen LogP contribution in [0.1, 0.15) is 50.8 Å². The van der Waals surface area contributed by atoms with Crippen molar-refractivity contribution in [2.75, 3.05) is 19.0 Å². The van der Waals surface area contributed by atoms with E-state index in [-0.39, 0.29) is 5.91 Å². The number of thiophene rings is 1. The van der Waals surface area contributed by atoms with E-state index in [4.69, 9.17) is 9.72 Å². The van der Waals surface area contributed by atoms with E-state index in [9.17, 15) is 9.59 Å². The topological polar surface area (TPSA) is 89.3 Å². The Hall–Kier alpha value is -2.78. The van der Waals surface area contributed by atoms with Crippen LogP contribution in [0, 0.1) is 12.8 Å². The van der Waals surface area contributed by atoms with Gasteiger partial charge in [-0.25, -0.2) is 9.78 Å². The van der Waals surface area contributed by atoms with Crippen LogP contribution < -0.4 is 5.32 Å². The standard InChI is InChI=1S/C22H25N5O3S/c1-12-8-17(26(2)25-12)20(28)24-18-16-7-5-14(11-27-10-13-4-6-15(27)9-13)23-21(16)31-19(18)22(29)30-3/h5,7-8,13,15H,4,6,9-11H2,1-3H3,(H,24,28)/t13-,15-/m1/s1. The summed E-state index contributed by atoms with van der Waals surface area (Å²) in [6.07, 6.45) is 3.93. The lowest BCUT2D eigenvalue weighted by molar-refractivity contribution is 0.0607. The largest absolute Gasteiger partial charge is 0.465 e. The van der Waals surface area contributed by atoms with Crippen molar-refractivity contribution >= 4 is 39.1 Å². The van der Waals surface area contributed by atoms with Crippen LogP contribution in [0.5, 0.6) is 0 Å². The molecule has 31 heavy (non-hydrogen) atoms. The Morgan fingerprint density at radius 2 is 2.16 bits per heavy atom.